The highest BCUT2D eigenvalue weighted by molar-refractivity contribution is 7.80. The molecule has 2 fully saturated rings. The molecule has 1 unspecified atom stereocenters. The summed E-state index contributed by atoms with van der Waals surface area (Å²) in [6.45, 7) is 5.66. The lowest BCUT2D eigenvalue weighted by Gasteiger charge is -2.28. The molecule has 3 N–H and O–H groups in total. The van der Waals surface area contributed by atoms with Gasteiger partial charge in [-0.2, -0.15) is 0 Å². The average Bonchev–Trinajstić information content (AvgIpc) is 2.87. The van der Waals surface area contributed by atoms with E-state index in [1.165, 1.54) is 19.3 Å². The lowest BCUT2D eigenvalue weighted by atomic mass is 9.95. The van der Waals surface area contributed by atoms with Crippen LogP contribution in [0.5, 0.6) is 0 Å². The predicted octanol–water partition coefficient (Wildman–Crippen LogP) is 3.09. The third-order valence-electron chi connectivity index (χ3n) is 6.42. The van der Waals surface area contributed by atoms with E-state index in [0.717, 1.165) is 83.6 Å². The summed E-state index contributed by atoms with van der Waals surface area (Å²) in [7, 11) is 0. The average molecular weight is 492 g/mol. The highest BCUT2D eigenvalue weighted by atomic mass is 32.1. The van der Waals surface area contributed by atoms with Crippen molar-refractivity contribution < 1.29 is 14.3 Å². The van der Waals surface area contributed by atoms with Crippen molar-refractivity contribution in [3.05, 3.63) is 24.5 Å². The first kappa shape index (κ1) is 26.8. The van der Waals surface area contributed by atoms with E-state index in [0.29, 0.717) is 17.8 Å². The maximum Gasteiger partial charge on any atom is 0.249 e. The van der Waals surface area contributed by atoms with Crippen LogP contribution in [-0.2, 0) is 14.3 Å². The van der Waals surface area contributed by atoms with E-state index in [1.54, 1.807) is 12.4 Å². The number of rotatable bonds is 13. The van der Waals surface area contributed by atoms with Gasteiger partial charge in [-0.1, -0.05) is 32.1 Å². The van der Waals surface area contributed by atoms with E-state index in [1.807, 2.05) is 12.1 Å². The summed E-state index contributed by atoms with van der Waals surface area (Å²) in [5.41, 5.74) is 0.876. The molecule has 3 rings (SSSR count). The SMILES string of the molecule is O=C(NC1CCCCC1)C(CCCCCNC(=S)Nc1cccnc1)OCCN1CCOCC1. The summed E-state index contributed by atoms with van der Waals surface area (Å²) >= 11 is 5.33. The summed E-state index contributed by atoms with van der Waals surface area (Å²) in [5.74, 6) is 0.0638. The van der Waals surface area contributed by atoms with Crippen LogP contribution in [0, 0.1) is 0 Å². The van der Waals surface area contributed by atoms with E-state index >= 15 is 0 Å². The van der Waals surface area contributed by atoms with Crippen LogP contribution in [0.1, 0.15) is 57.8 Å². The van der Waals surface area contributed by atoms with Gasteiger partial charge in [-0.3, -0.25) is 14.7 Å². The summed E-state index contributed by atoms with van der Waals surface area (Å²) in [6, 6.07) is 4.11. The second kappa shape index (κ2) is 16.0. The monoisotopic (exact) mass is 491 g/mol. The molecule has 1 aliphatic heterocycles. The molecule has 190 valence electrons. The second-order valence-electron chi connectivity index (χ2n) is 9.13. The first-order valence-corrected chi connectivity index (χ1v) is 13.3. The number of hydrogen-bond donors (Lipinski definition) is 3. The van der Waals surface area contributed by atoms with E-state index in [4.69, 9.17) is 21.7 Å². The maximum absolute atomic E-state index is 13.0. The zero-order valence-electron chi connectivity index (χ0n) is 20.3. The molecule has 1 saturated heterocycles. The molecule has 2 heterocycles. The third-order valence-corrected chi connectivity index (χ3v) is 6.67. The van der Waals surface area contributed by atoms with Gasteiger partial charge < -0.3 is 25.4 Å². The van der Waals surface area contributed by atoms with Crippen molar-refractivity contribution >= 4 is 28.9 Å². The molecule has 9 heteroatoms. The Bertz CT molecular complexity index is 712. The minimum Gasteiger partial charge on any atom is -0.379 e. The van der Waals surface area contributed by atoms with Crippen molar-refractivity contribution in [2.45, 2.75) is 69.9 Å². The normalized spacial score (nSPS) is 18.2. The zero-order chi connectivity index (χ0) is 23.8. The second-order valence-corrected chi connectivity index (χ2v) is 9.54. The quantitative estimate of drug-likeness (QED) is 0.287. The molecule has 2 aliphatic rings. The maximum atomic E-state index is 13.0. The van der Waals surface area contributed by atoms with Crippen LogP contribution in [0.3, 0.4) is 0 Å². The number of nitrogens with zero attached hydrogens (tertiary/aromatic N) is 2. The molecule has 0 radical (unpaired) electrons. The summed E-state index contributed by atoms with van der Waals surface area (Å²) in [4.78, 5) is 19.4. The number of carbonyl (C=O) groups excluding carboxylic acids is 1. The van der Waals surface area contributed by atoms with Crippen LogP contribution >= 0.6 is 12.2 Å². The van der Waals surface area contributed by atoms with E-state index in [2.05, 4.69) is 25.8 Å². The highest BCUT2D eigenvalue weighted by Gasteiger charge is 2.23. The van der Waals surface area contributed by atoms with Crippen LogP contribution in [0.15, 0.2) is 24.5 Å². The Labute approximate surface area is 209 Å². The van der Waals surface area contributed by atoms with E-state index < -0.39 is 0 Å². The lowest BCUT2D eigenvalue weighted by Crippen LogP contribution is -2.44. The van der Waals surface area contributed by atoms with Crippen molar-refractivity contribution in [3.8, 4) is 0 Å². The van der Waals surface area contributed by atoms with Gasteiger partial charge in [0.1, 0.15) is 6.10 Å². The number of anilines is 1. The molecule has 1 aromatic heterocycles. The van der Waals surface area contributed by atoms with Crippen molar-refractivity contribution in [1.82, 2.24) is 20.5 Å². The molecule has 1 saturated carbocycles. The Kier molecular flexibility index (Phi) is 12.6. The van der Waals surface area contributed by atoms with Gasteiger partial charge in [0, 0.05) is 38.4 Å². The number of pyridine rings is 1. The number of morpholine rings is 1. The van der Waals surface area contributed by atoms with Gasteiger partial charge in [0.05, 0.1) is 31.7 Å². The number of carbonyl (C=O) groups is 1. The van der Waals surface area contributed by atoms with Crippen molar-refractivity contribution in [2.24, 2.45) is 0 Å². The molecular weight excluding hydrogens is 450 g/mol. The van der Waals surface area contributed by atoms with Gasteiger partial charge in [0.2, 0.25) is 5.91 Å². The Hall–Kier alpha value is -1.81. The van der Waals surface area contributed by atoms with Gasteiger partial charge in [0.25, 0.3) is 0 Å². The molecule has 8 nitrogen and oxygen atoms in total. The largest absolute Gasteiger partial charge is 0.379 e. The molecule has 1 aliphatic carbocycles. The molecule has 0 bridgehead atoms. The van der Waals surface area contributed by atoms with E-state index in [-0.39, 0.29) is 12.0 Å². The minimum absolute atomic E-state index is 0.0638. The first-order chi connectivity index (χ1) is 16.7. The predicted molar refractivity (Wildman–Crippen MR) is 139 cm³/mol. The number of ether oxygens (including phenoxy) is 2. The number of amides is 1. The number of thiocarbonyl (C=S) groups is 1. The van der Waals surface area contributed by atoms with Crippen LogP contribution in [0.4, 0.5) is 5.69 Å². The van der Waals surface area contributed by atoms with Crippen LogP contribution in [-0.4, -0.2) is 79.0 Å². The van der Waals surface area contributed by atoms with E-state index in [9.17, 15) is 4.79 Å². The number of nitrogens with one attached hydrogen (secondary N) is 3. The number of unbranched alkanes of at least 4 members (excludes halogenated alkanes) is 2. The molecule has 0 spiro atoms. The number of aromatic nitrogens is 1. The summed E-state index contributed by atoms with van der Waals surface area (Å²) in [5, 5.41) is 10.2. The Morgan fingerprint density at radius 1 is 1.21 bits per heavy atom. The Balaban J connectivity index is 1.33. The molecule has 34 heavy (non-hydrogen) atoms. The van der Waals surface area contributed by atoms with Gasteiger partial charge in [-0.05, 0) is 50.0 Å². The van der Waals surface area contributed by atoms with Crippen LogP contribution in [0.2, 0.25) is 0 Å². The fourth-order valence-corrected chi connectivity index (χ4v) is 4.65. The van der Waals surface area contributed by atoms with Gasteiger partial charge in [-0.15, -0.1) is 0 Å². The smallest absolute Gasteiger partial charge is 0.249 e. The van der Waals surface area contributed by atoms with Crippen LogP contribution in [0.25, 0.3) is 0 Å². The van der Waals surface area contributed by atoms with Crippen molar-refractivity contribution in [2.75, 3.05) is 51.3 Å². The van der Waals surface area contributed by atoms with Crippen molar-refractivity contribution in [1.29, 1.82) is 0 Å². The first-order valence-electron chi connectivity index (χ1n) is 12.9. The molecule has 1 aromatic rings. The van der Waals surface area contributed by atoms with Gasteiger partial charge >= 0.3 is 0 Å². The standard InChI is InChI=1S/C25H41N5O3S/c31-24(28-21-8-3-1-4-9-21)23(33-19-16-30-14-17-32-18-15-30)11-5-2-6-13-27-25(34)29-22-10-7-12-26-20-22/h7,10,12,20-21,23H,1-6,8-9,11,13-19H2,(H,28,31)(H2,27,29,34). The summed E-state index contributed by atoms with van der Waals surface area (Å²) in [6.07, 6.45) is 12.7. The molecular formula is C25H41N5O3S. The molecule has 1 amide bonds. The lowest BCUT2D eigenvalue weighted by molar-refractivity contribution is -0.134. The topological polar surface area (TPSA) is 87.8 Å². The zero-order valence-corrected chi connectivity index (χ0v) is 21.1. The van der Waals surface area contributed by atoms with Gasteiger partial charge in [-0.25, -0.2) is 0 Å². The summed E-state index contributed by atoms with van der Waals surface area (Å²) < 4.78 is 11.5. The van der Waals surface area contributed by atoms with Gasteiger partial charge in [0.15, 0.2) is 5.11 Å². The Morgan fingerprint density at radius 3 is 2.79 bits per heavy atom. The number of hydrogen-bond acceptors (Lipinski definition) is 6. The van der Waals surface area contributed by atoms with Crippen molar-refractivity contribution in [3.63, 3.8) is 0 Å². The fraction of sp³-hybridized carbons (Fsp3) is 0.720. The fourth-order valence-electron chi connectivity index (χ4n) is 4.43. The third kappa shape index (κ3) is 10.6. The van der Waals surface area contributed by atoms with Crippen LogP contribution < -0.4 is 16.0 Å². The highest BCUT2D eigenvalue weighted by Crippen LogP contribution is 2.18. The molecule has 1 atom stereocenters. The Morgan fingerprint density at radius 2 is 2.03 bits per heavy atom. The molecule has 0 aromatic carbocycles. The minimum atomic E-state index is -0.371.